The first kappa shape index (κ1) is 18.2. The van der Waals surface area contributed by atoms with Crippen molar-refractivity contribution in [3.05, 3.63) is 29.6 Å². The Morgan fingerprint density at radius 1 is 1.28 bits per heavy atom. The number of benzene rings is 1. The van der Waals surface area contributed by atoms with Crippen LogP contribution in [0.25, 0.3) is 0 Å². The van der Waals surface area contributed by atoms with Crippen LogP contribution in [-0.2, 0) is 11.2 Å². The highest BCUT2D eigenvalue weighted by Gasteiger charge is 2.30. The average molecular weight is 348 g/mol. The minimum absolute atomic E-state index is 0.210. The number of hydrogen-bond donors (Lipinski definition) is 1. The van der Waals surface area contributed by atoms with Crippen LogP contribution < -0.4 is 0 Å². The summed E-state index contributed by atoms with van der Waals surface area (Å²) in [5, 5.41) is 9.22. The monoisotopic (exact) mass is 348 g/mol. The predicted molar refractivity (Wildman–Crippen MR) is 96.0 cm³/mol. The molecule has 1 aliphatic carbocycles. The van der Waals surface area contributed by atoms with Crippen molar-refractivity contribution in [2.45, 2.75) is 51.5 Å². The van der Waals surface area contributed by atoms with Crippen molar-refractivity contribution in [1.29, 1.82) is 0 Å². The molecular formula is C20H29FN2O2. The molecule has 1 saturated carbocycles. The van der Waals surface area contributed by atoms with Crippen LogP contribution in [0.4, 0.5) is 4.39 Å². The first-order chi connectivity index (χ1) is 12.0. The minimum atomic E-state index is -0.596. The Morgan fingerprint density at radius 3 is 2.76 bits per heavy atom. The zero-order valence-electron chi connectivity index (χ0n) is 15.1. The molecule has 0 radical (unpaired) electrons. The van der Waals surface area contributed by atoms with Gasteiger partial charge in [-0.2, -0.15) is 0 Å². The lowest BCUT2D eigenvalue weighted by Gasteiger charge is -2.37. The molecule has 1 heterocycles. The van der Waals surface area contributed by atoms with E-state index in [1.54, 1.807) is 6.07 Å². The Hall–Kier alpha value is -1.62. The van der Waals surface area contributed by atoms with E-state index in [9.17, 15) is 14.3 Å². The van der Waals surface area contributed by atoms with Crippen LogP contribution in [0.2, 0.25) is 0 Å². The number of aromatic hydroxyl groups is 1. The van der Waals surface area contributed by atoms with Crippen molar-refractivity contribution in [2.24, 2.45) is 5.92 Å². The molecule has 2 fully saturated rings. The fourth-order valence-corrected chi connectivity index (χ4v) is 3.88. The van der Waals surface area contributed by atoms with Crippen LogP contribution in [0.5, 0.6) is 5.75 Å². The van der Waals surface area contributed by atoms with Gasteiger partial charge >= 0.3 is 0 Å². The maximum absolute atomic E-state index is 13.4. The number of amides is 1. The second kappa shape index (κ2) is 8.17. The predicted octanol–water partition coefficient (Wildman–Crippen LogP) is 3.19. The van der Waals surface area contributed by atoms with Crippen LogP contribution in [0, 0.1) is 11.7 Å². The fourth-order valence-electron chi connectivity index (χ4n) is 3.88. The Bertz CT molecular complexity index is 603. The Labute approximate surface area is 149 Å². The average Bonchev–Trinajstić information content (AvgIpc) is 2.71. The van der Waals surface area contributed by atoms with Crippen LogP contribution >= 0.6 is 0 Å². The molecule has 3 rings (SSSR count). The topological polar surface area (TPSA) is 43.8 Å². The SMILES string of the molecule is C[C@@H]1CN(C(=O)CCCc2ccc(O)c(F)c2)CCN(C2CCC2)C1. The van der Waals surface area contributed by atoms with Gasteiger partial charge in [0.15, 0.2) is 11.6 Å². The van der Waals surface area contributed by atoms with Gasteiger partial charge in [-0.25, -0.2) is 4.39 Å². The summed E-state index contributed by atoms with van der Waals surface area (Å²) in [4.78, 5) is 17.1. The molecule has 1 amide bonds. The van der Waals surface area contributed by atoms with Crippen LogP contribution in [-0.4, -0.2) is 53.0 Å². The number of aryl methyl sites for hydroxylation is 1. The molecule has 5 heteroatoms. The Kier molecular flexibility index (Phi) is 5.94. The van der Waals surface area contributed by atoms with Gasteiger partial charge in [0.25, 0.3) is 0 Å². The van der Waals surface area contributed by atoms with Gasteiger partial charge in [-0.1, -0.05) is 19.4 Å². The van der Waals surface area contributed by atoms with Crippen LogP contribution in [0.3, 0.4) is 0 Å². The number of carbonyl (C=O) groups is 1. The van der Waals surface area contributed by atoms with Gasteiger partial charge in [0.1, 0.15) is 0 Å². The molecule has 0 unspecified atom stereocenters. The van der Waals surface area contributed by atoms with E-state index in [0.717, 1.165) is 37.8 Å². The van der Waals surface area contributed by atoms with E-state index >= 15 is 0 Å². The quantitative estimate of drug-likeness (QED) is 0.889. The lowest BCUT2D eigenvalue weighted by molar-refractivity contribution is -0.131. The Balaban J connectivity index is 1.46. The maximum atomic E-state index is 13.4. The molecule has 1 atom stereocenters. The number of halogens is 1. The third-order valence-corrected chi connectivity index (χ3v) is 5.55. The zero-order valence-corrected chi connectivity index (χ0v) is 15.1. The van der Waals surface area contributed by atoms with Gasteiger partial charge < -0.3 is 10.0 Å². The summed E-state index contributed by atoms with van der Waals surface area (Å²) in [5.41, 5.74) is 0.823. The number of carbonyl (C=O) groups excluding carboxylic acids is 1. The largest absolute Gasteiger partial charge is 0.505 e. The zero-order chi connectivity index (χ0) is 17.8. The molecule has 1 aliphatic heterocycles. The van der Waals surface area contributed by atoms with Gasteiger partial charge in [0.05, 0.1) is 0 Å². The molecule has 1 N–H and O–H groups in total. The second-order valence-electron chi connectivity index (χ2n) is 7.66. The van der Waals surface area contributed by atoms with Crippen molar-refractivity contribution in [3.8, 4) is 5.75 Å². The molecular weight excluding hydrogens is 319 g/mol. The summed E-state index contributed by atoms with van der Waals surface area (Å²) in [7, 11) is 0. The van der Waals surface area contributed by atoms with Gasteiger partial charge in [-0.05, 0) is 49.3 Å². The third-order valence-electron chi connectivity index (χ3n) is 5.55. The van der Waals surface area contributed by atoms with E-state index in [1.807, 2.05) is 4.90 Å². The summed E-state index contributed by atoms with van der Waals surface area (Å²) >= 11 is 0. The number of nitrogens with zero attached hydrogens (tertiary/aromatic N) is 2. The molecule has 0 bridgehead atoms. The number of rotatable bonds is 5. The first-order valence-electron chi connectivity index (χ1n) is 9.52. The lowest BCUT2D eigenvalue weighted by Crippen LogP contribution is -2.43. The fraction of sp³-hybridized carbons (Fsp3) is 0.650. The molecule has 2 aliphatic rings. The van der Waals surface area contributed by atoms with E-state index < -0.39 is 5.82 Å². The molecule has 1 aromatic rings. The maximum Gasteiger partial charge on any atom is 0.222 e. The highest BCUT2D eigenvalue weighted by atomic mass is 19.1. The first-order valence-corrected chi connectivity index (χ1v) is 9.52. The molecule has 1 saturated heterocycles. The second-order valence-corrected chi connectivity index (χ2v) is 7.66. The normalized spacial score (nSPS) is 22.5. The highest BCUT2D eigenvalue weighted by molar-refractivity contribution is 5.76. The van der Waals surface area contributed by atoms with E-state index in [4.69, 9.17) is 0 Å². The Morgan fingerprint density at radius 2 is 2.08 bits per heavy atom. The number of phenols is 1. The molecule has 25 heavy (non-hydrogen) atoms. The molecule has 138 valence electrons. The lowest BCUT2D eigenvalue weighted by atomic mass is 9.91. The van der Waals surface area contributed by atoms with Gasteiger partial charge in [0.2, 0.25) is 5.91 Å². The van der Waals surface area contributed by atoms with E-state index in [1.165, 1.54) is 31.4 Å². The van der Waals surface area contributed by atoms with Crippen LogP contribution in [0.15, 0.2) is 18.2 Å². The van der Waals surface area contributed by atoms with Gasteiger partial charge in [-0.15, -0.1) is 0 Å². The summed E-state index contributed by atoms with van der Waals surface area (Å²) in [5.74, 6) is -0.199. The number of phenolic OH excluding ortho intramolecular Hbond substituents is 1. The van der Waals surface area contributed by atoms with Gasteiger partial charge in [0, 0.05) is 38.6 Å². The number of hydrogen-bond acceptors (Lipinski definition) is 3. The molecule has 0 spiro atoms. The third kappa shape index (κ3) is 4.72. The van der Waals surface area contributed by atoms with Crippen molar-refractivity contribution in [1.82, 2.24) is 9.80 Å². The standard InChI is InChI=1S/C20H29FN2O2/c1-15-13-22(17-5-3-6-17)10-11-23(14-15)20(25)7-2-4-16-8-9-19(24)18(21)12-16/h8-9,12,15,17,24H,2-7,10-11,13-14H2,1H3/t15-/m0/s1. The van der Waals surface area contributed by atoms with Crippen molar-refractivity contribution < 1.29 is 14.3 Å². The van der Waals surface area contributed by atoms with Crippen molar-refractivity contribution in [3.63, 3.8) is 0 Å². The highest BCUT2D eigenvalue weighted by Crippen LogP contribution is 2.26. The van der Waals surface area contributed by atoms with E-state index in [2.05, 4.69) is 11.8 Å². The summed E-state index contributed by atoms with van der Waals surface area (Å²) in [6, 6.07) is 5.18. The molecule has 4 nitrogen and oxygen atoms in total. The smallest absolute Gasteiger partial charge is 0.222 e. The minimum Gasteiger partial charge on any atom is -0.505 e. The summed E-state index contributed by atoms with van der Waals surface area (Å²) in [6.45, 7) is 5.99. The van der Waals surface area contributed by atoms with E-state index in [0.29, 0.717) is 25.2 Å². The van der Waals surface area contributed by atoms with Gasteiger partial charge in [-0.3, -0.25) is 9.69 Å². The van der Waals surface area contributed by atoms with Crippen LogP contribution in [0.1, 0.15) is 44.6 Å². The van der Waals surface area contributed by atoms with Crippen molar-refractivity contribution in [2.75, 3.05) is 26.2 Å². The summed E-state index contributed by atoms with van der Waals surface area (Å²) < 4.78 is 13.4. The van der Waals surface area contributed by atoms with E-state index in [-0.39, 0.29) is 11.7 Å². The van der Waals surface area contributed by atoms with Crippen molar-refractivity contribution >= 4 is 5.91 Å². The molecule has 0 aromatic heterocycles. The summed E-state index contributed by atoms with van der Waals surface area (Å²) in [6.07, 6.45) is 5.82. The molecule has 1 aromatic carbocycles.